The lowest BCUT2D eigenvalue weighted by molar-refractivity contribution is -0.124. The van der Waals surface area contributed by atoms with E-state index in [1.54, 1.807) is 0 Å². The highest BCUT2D eigenvalue weighted by molar-refractivity contribution is 5.81. The fraction of sp³-hybridized carbons (Fsp3) is 0.944. The standard InChI is InChI=1S/C18H34O/c1-5-6-7-8-9-10-17(19)15-11-13-16(14-12-15)18(2,3)4/h15-16H,5-14H2,1-4H3. The molecule has 0 unspecified atom stereocenters. The number of Topliss-reactive ketones (excluding diaryl/α,β-unsaturated/α-hetero) is 1. The number of ketones is 1. The predicted octanol–water partition coefficient (Wildman–Crippen LogP) is 5.77. The van der Waals surface area contributed by atoms with Crippen LogP contribution in [0.25, 0.3) is 0 Å². The van der Waals surface area contributed by atoms with Crippen molar-refractivity contribution < 1.29 is 4.79 Å². The fourth-order valence-electron chi connectivity index (χ4n) is 3.39. The van der Waals surface area contributed by atoms with Crippen molar-refractivity contribution in [1.29, 1.82) is 0 Å². The molecule has 0 heterocycles. The van der Waals surface area contributed by atoms with Crippen LogP contribution in [0.4, 0.5) is 0 Å². The fourth-order valence-corrected chi connectivity index (χ4v) is 3.39. The minimum Gasteiger partial charge on any atom is -0.299 e. The van der Waals surface area contributed by atoms with E-state index in [0.29, 0.717) is 17.1 Å². The van der Waals surface area contributed by atoms with Crippen LogP contribution >= 0.6 is 0 Å². The lowest BCUT2D eigenvalue weighted by Crippen LogP contribution is -2.28. The maximum absolute atomic E-state index is 12.2. The lowest BCUT2D eigenvalue weighted by atomic mass is 9.69. The summed E-state index contributed by atoms with van der Waals surface area (Å²) in [5, 5.41) is 0. The topological polar surface area (TPSA) is 17.1 Å². The van der Waals surface area contributed by atoms with Gasteiger partial charge in [-0.25, -0.2) is 0 Å². The molecule has 0 aliphatic heterocycles. The summed E-state index contributed by atoms with van der Waals surface area (Å²) in [6.45, 7) is 9.26. The Labute approximate surface area is 120 Å². The molecule has 0 saturated heterocycles. The van der Waals surface area contributed by atoms with Crippen LogP contribution in [0.1, 0.15) is 91.9 Å². The van der Waals surface area contributed by atoms with Gasteiger partial charge in [-0.3, -0.25) is 4.79 Å². The van der Waals surface area contributed by atoms with Crippen LogP contribution in [0.15, 0.2) is 0 Å². The molecule has 1 heteroatoms. The molecule has 112 valence electrons. The molecule has 1 aliphatic carbocycles. The second-order valence-corrected chi connectivity index (χ2v) is 7.55. The summed E-state index contributed by atoms with van der Waals surface area (Å²) in [6, 6.07) is 0. The molecule has 1 rings (SSSR count). The quantitative estimate of drug-likeness (QED) is 0.535. The third kappa shape index (κ3) is 6.10. The maximum Gasteiger partial charge on any atom is 0.135 e. The number of carbonyl (C=O) groups excluding carboxylic acids is 1. The molecule has 1 aliphatic rings. The van der Waals surface area contributed by atoms with Crippen molar-refractivity contribution in [2.45, 2.75) is 91.9 Å². The minimum absolute atomic E-state index is 0.393. The molecule has 0 radical (unpaired) electrons. The third-order valence-electron chi connectivity index (χ3n) is 4.93. The molecule has 0 bridgehead atoms. The zero-order valence-corrected chi connectivity index (χ0v) is 13.6. The van der Waals surface area contributed by atoms with Crippen LogP contribution in [-0.2, 0) is 4.79 Å². The van der Waals surface area contributed by atoms with Crippen LogP contribution < -0.4 is 0 Å². The normalized spacial score (nSPS) is 24.4. The Morgan fingerprint density at radius 1 is 0.947 bits per heavy atom. The van der Waals surface area contributed by atoms with Crippen molar-refractivity contribution in [2.75, 3.05) is 0 Å². The van der Waals surface area contributed by atoms with Gasteiger partial charge in [0.05, 0.1) is 0 Å². The molecule has 0 aromatic heterocycles. The first-order chi connectivity index (χ1) is 8.95. The van der Waals surface area contributed by atoms with E-state index in [4.69, 9.17) is 0 Å². The molecule has 0 N–H and O–H groups in total. The van der Waals surface area contributed by atoms with E-state index in [2.05, 4.69) is 27.7 Å². The van der Waals surface area contributed by atoms with Gasteiger partial charge in [0.15, 0.2) is 0 Å². The minimum atomic E-state index is 0.393. The summed E-state index contributed by atoms with van der Waals surface area (Å²) in [4.78, 5) is 12.2. The van der Waals surface area contributed by atoms with E-state index in [0.717, 1.165) is 31.6 Å². The van der Waals surface area contributed by atoms with E-state index < -0.39 is 0 Å². The Bertz CT molecular complexity index is 253. The predicted molar refractivity (Wildman–Crippen MR) is 83.3 cm³/mol. The van der Waals surface area contributed by atoms with Crippen molar-refractivity contribution in [3.05, 3.63) is 0 Å². The van der Waals surface area contributed by atoms with Crippen molar-refractivity contribution in [3.8, 4) is 0 Å². The van der Waals surface area contributed by atoms with Gasteiger partial charge in [-0.1, -0.05) is 53.4 Å². The first-order valence-corrected chi connectivity index (χ1v) is 8.48. The third-order valence-corrected chi connectivity index (χ3v) is 4.93. The largest absolute Gasteiger partial charge is 0.299 e. The van der Waals surface area contributed by atoms with E-state index in [1.165, 1.54) is 38.5 Å². The number of hydrogen-bond acceptors (Lipinski definition) is 1. The number of rotatable bonds is 7. The molecule has 19 heavy (non-hydrogen) atoms. The van der Waals surface area contributed by atoms with Crippen molar-refractivity contribution in [2.24, 2.45) is 17.3 Å². The molecule has 0 aromatic rings. The monoisotopic (exact) mass is 266 g/mol. The van der Waals surface area contributed by atoms with Crippen molar-refractivity contribution in [1.82, 2.24) is 0 Å². The Balaban J connectivity index is 2.18. The second kappa shape index (κ2) is 8.07. The highest BCUT2D eigenvalue weighted by Gasteiger charge is 2.31. The molecule has 0 amide bonds. The molecule has 1 saturated carbocycles. The highest BCUT2D eigenvalue weighted by atomic mass is 16.1. The summed E-state index contributed by atoms with van der Waals surface area (Å²) in [5.74, 6) is 1.77. The van der Waals surface area contributed by atoms with Crippen LogP contribution in [0.2, 0.25) is 0 Å². The van der Waals surface area contributed by atoms with Gasteiger partial charge < -0.3 is 0 Å². The molecule has 0 aromatic carbocycles. The van der Waals surface area contributed by atoms with E-state index >= 15 is 0 Å². The van der Waals surface area contributed by atoms with Crippen LogP contribution in [0.3, 0.4) is 0 Å². The summed E-state index contributed by atoms with van der Waals surface area (Å²) in [5.41, 5.74) is 0.425. The number of unbranched alkanes of at least 4 members (excludes halogenated alkanes) is 4. The van der Waals surface area contributed by atoms with Gasteiger partial charge in [0.1, 0.15) is 5.78 Å². The van der Waals surface area contributed by atoms with E-state index in [1.807, 2.05) is 0 Å². The SMILES string of the molecule is CCCCCCCC(=O)C1CCC(C(C)(C)C)CC1. The lowest BCUT2D eigenvalue weighted by Gasteiger charge is -2.36. The van der Waals surface area contributed by atoms with Gasteiger partial charge in [-0.15, -0.1) is 0 Å². The summed E-state index contributed by atoms with van der Waals surface area (Å²) in [7, 11) is 0. The Morgan fingerprint density at radius 2 is 1.53 bits per heavy atom. The summed E-state index contributed by atoms with van der Waals surface area (Å²) < 4.78 is 0. The Kier molecular flexibility index (Phi) is 7.10. The Hall–Kier alpha value is -0.330. The molecule has 1 nitrogen and oxygen atoms in total. The van der Waals surface area contributed by atoms with Crippen LogP contribution in [0, 0.1) is 17.3 Å². The molecule has 0 atom stereocenters. The summed E-state index contributed by atoms with van der Waals surface area (Å²) in [6.07, 6.45) is 11.9. The van der Waals surface area contributed by atoms with Gasteiger partial charge in [-0.05, 0) is 43.4 Å². The van der Waals surface area contributed by atoms with Crippen LogP contribution in [-0.4, -0.2) is 5.78 Å². The summed E-state index contributed by atoms with van der Waals surface area (Å²) >= 11 is 0. The van der Waals surface area contributed by atoms with Crippen molar-refractivity contribution >= 4 is 5.78 Å². The molecule has 1 fully saturated rings. The zero-order valence-electron chi connectivity index (χ0n) is 13.6. The maximum atomic E-state index is 12.2. The zero-order chi connectivity index (χ0) is 14.3. The number of carbonyl (C=O) groups is 1. The smallest absolute Gasteiger partial charge is 0.135 e. The highest BCUT2D eigenvalue weighted by Crippen LogP contribution is 2.40. The average molecular weight is 266 g/mol. The molecular weight excluding hydrogens is 232 g/mol. The first kappa shape index (κ1) is 16.7. The average Bonchev–Trinajstić information content (AvgIpc) is 2.37. The first-order valence-electron chi connectivity index (χ1n) is 8.48. The molecular formula is C18H34O. The van der Waals surface area contributed by atoms with Gasteiger partial charge in [0.25, 0.3) is 0 Å². The number of hydrogen-bond donors (Lipinski definition) is 0. The van der Waals surface area contributed by atoms with Crippen molar-refractivity contribution in [3.63, 3.8) is 0 Å². The van der Waals surface area contributed by atoms with Crippen LogP contribution in [0.5, 0.6) is 0 Å². The van der Waals surface area contributed by atoms with Gasteiger partial charge in [0.2, 0.25) is 0 Å². The second-order valence-electron chi connectivity index (χ2n) is 7.55. The van der Waals surface area contributed by atoms with Gasteiger partial charge in [0, 0.05) is 12.3 Å². The van der Waals surface area contributed by atoms with Gasteiger partial charge in [-0.2, -0.15) is 0 Å². The Morgan fingerprint density at radius 3 is 2.05 bits per heavy atom. The van der Waals surface area contributed by atoms with E-state index in [-0.39, 0.29) is 0 Å². The molecule has 0 spiro atoms. The van der Waals surface area contributed by atoms with E-state index in [9.17, 15) is 4.79 Å². The van der Waals surface area contributed by atoms with Gasteiger partial charge >= 0.3 is 0 Å².